The van der Waals surface area contributed by atoms with Gasteiger partial charge in [0, 0.05) is 29.8 Å². The molecule has 2 N–H and O–H groups in total. The van der Waals surface area contributed by atoms with Crippen LogP contribution >= 0.6 is 11.8 Å². The normalized spacial score (nSPS) is 10.8. The van der Waals surface area contributed by atoms with Crippen LogP contribution in [-0.2, 0) is 7.05 Å². The van der Waals surface area contributed by atoms with Crippen molar-refractivity contribution in [1.82, 2.24) is 0 Å². The van der Waals surface area contributed by atoms with Crippen molar-refractivity contribution in [3.63, 3.8) is 0 Å². The predicted molar refractivity (Wildman–Crippen MR) is 64.9 cm³/mol. The van der Waals surface area contributed by atoms with E-state index in [1.807, 2.05) is 0 Å². The highest BCUT2D eigenvalue weighted by atomic mass is 32.2. The minimum atomic E-state index is 0.720. The molecule has 0 spiro atoms. The molecule has 2 rings (SSSR count). The Bertz CT molecular complexity index is 468. The van der Waals surface area contributed by atoms with E-state index in [1.165, 1.54) is 15.9 Å². The van der Waals surface area contributed by atoms with E-state index in [0.717, 1.165) is 12.3 Å². The van der Waals surface area contributed by atoms with Crippen molar-refractivity contribution in [1.29, 1.82) is 0 Å². The van der Waals surface area contributed by atoms with Gasteiger partial charge in [-0.05, 0) is 12.1 Å². The molecule has 1 aromatic carbocycles. The predicted octanol–water partition coefficient (Wildman–Crippen LogP) is 1.72. The number of thioether (sulfide) groups is 1. The summed E-state index contributed by atoms with van der Waals surface area (Å²) >= 11 is 1.80. The lowest BCUT2D eigenvalue weighted by atomic mass is 10.2. The first-order valence-electron chi connectivity index (χ1n) is 5.03. The standard InChI is InChI=1S/C12H15N2S/c1-14-11-5-3-2-4-10(11)6-7-12(14)15-9-8-13/h2-7H,8-9,13H2,1H3/q+1. The van der Waals surface area contributed by atoms with Gasteiger partial charge in [-0.1, -0.05) is 23.9 Å². The van der Waals surface area contributed by atoms with Gasteiger partial charge >= 0.3 is 0 Å². The molecule has 0 unspecified atom stereocenters. The molecule has 0 saturated heterocycles. The van der Waals surface area contributed by atoms with Crippen LogP contribution in [0.3, 0.4) is 0 Å². The van der Waals surface area contributed by atoms with E-state index in [0.29, 0.717) is 0 Å². The smallest absolute Gasteiger partial charge is 0.240 e. The number of hydrogen-bond donors (Lipinski definition) is 1. The van der Waals surface area contributed by atoms with Gasteiger partial charge in [0.15, 0.2) is 0 Å². The molecule has 0 aliphatic heterocycles. The summed E-state index contributed by atoms with van der Waals surface area (Å²) in [5.41, 5.74) is 6.77. The molecule has 15 heavy (non-hydrogen) atoms. The Morgan fingerprint density at radius 1 is 1.20 bits per heavy atom. The Morgan fingerprint density at radius 2 is 2.00 bits per heavy atom. The average Bonchev–Trinajstić information content (AvgIpc) is 2.29. The van der Waals surface area contributed by atoms with E-state index in [1.54, 1.807) is 11.8 Å². The summed E-state index contributed by atoms with van der Waals surface area (Å²) in [5.74, 6) is 0.964. The maximum absolute atomic E-state index is 5.51. The van der Waals surface area contributed by atoms with Crippen LogP contribution in [0.5, 0.6) is 0 Å². The Balaban J connectivity index is 2.45. The number of nitrogens with two attached hydrogens (primary N) is 1. The zero-order chi connectivity index (χ0) is 10.7. The van der Waals surface area contributed by atoms with E-state index in [4.69, 9.17) is 5.73 Å². The van der Waals surface area contributed by atoms with Crippen LogP contribution in [0, 0.1) is 0 Å². The molecule has 0 atom stereocenters. The van der Waals surface area contributed by atoms with Gasteiger partial charge in [-0.15, -0.1) is 0 Å². The van der Waals surface area contributed by atoms with Gasteiger partial charge in [-0.3, -0.25) is 0 Å². The van der Waals surface area contributed by atoms with Crippen LogP contribution < -0.4 is 10.3 Å². The van der Waals surface area contributed by atoms with E-state index < -0.39 is 0 Å². The maximum Gasteiger partial charge on any atom is 0.240 e. The summed E-state index contributed by atoms with van der Waals surface area (Å²) in [4.78, 5) is 0. The first-order chi connectivity index (χ1) is 7.33. The van der Waals surface area contributed by atoms with Gasteiger partial charge in [0.1, 0.15) is 7.05 Å². The molecule has 2 aromatic rings. The quantitative estimate of drug-likeness (QED) is 0.629. The highest BCUT2D eigenvalue weighted by Gasteiger charge is 2.10. The second-order valence-corrected chi connectivity index (χ2v) is 4.54. The summed E-state index contributed by atoms with van der Waals surface area (Å²) in [5, 5.41) is 2.54. The number of aromatic nitrogens is 1. The second kappa shape index (κ2) is 4.64. The van der Waals surface area contributed by atoms with Gasteiger partial charge < -0.3 is 5.73 Å². The summed E-state index contributed by atoms with van der Waals surface area (Å²) in [6.07, 6.45) is 0. The Kier molecular flexibility index (Phi) is 3.23. The van der Waals surface area contributed by atoms with Crippen LogP contribution in [0.25, 0.3) is 10.9 Å². The average molecular weight is 219 g/mol. The first kappa shape index (κ1) is 10.5. The van der Waals surface area contributed by atoms with Gasteiger partial charge in [0.2, 0.25) is 10.5 Å². The van der Waals surface area contributed by atoms with E-state index >= 15 is 0 Å². The highest BCUT2D eigenvalue weighted by molar-refractivity contribution is 7.99. The minimum absolute atomic E-state index is 0.720. The van der Waals surface area contributed by atoms with E-state index in [-0.39, 0.29) is 0 Å². The number of fused-ring (bicyclic) bond motifs is 1. The lowest BCUT2D eigenvalue weighted by Gasteiger charge is -2.01. The number of para-hydroxylation sites is 1. The number of rotatable bonds is 3. The fourth-order valence-corrected chi connectivity index (χ4v) is 2.42. The molecule has 0 radical (unpaired) electrons. The number of benzene rings is 1. The summed E-state index contributed by atoms with van der Waals surface area (Å²) in [7, 11) is 2.10. The molecule has 1 aromatic heterocycles. The molecule has 0 aliphatic rings. The fourth-order valence-electron chi connectivity index (χ4n) is 1.63. The summed E-state index contributed by atoms with van der Waals surface area (Å²) in [6, 6.07) is 12.7. The number of nitrogens with zero attached hydrogens (tertiary/aromatic N) is 1. The third-order valence-corrected chi connectivity index (χ3v) is 3.55. The molecular formula is C12H15N2S+. The van der Waals surface area contributed by atoms with Gasteiger partial charge in [0.05, 0.1) is 0 Å². The van der Waals surface area contributed by atoms with E-state index in [9.17, 15) is 0 Å². The number of pyridine rings is 1. The zero-order valence-corrected chi connectivity index (χ0v) is 9.63. The molecule has 0 saturated carbocycles. The highest BCUT2D eigenvalue weighted by Crippen LogP contribution is 2.16. The summed E-state index contributed by atoms with van der Waals surface area (Å²) < 4.78 is 2.22. The van der Waals surface area contributed by atoms with Crippen molar-refractivity contribution in [3.05, 3.63) is 36.4 Å². The Hall–Kier alpha value is -1.06. The maximum atomic E-state index is 5.51. The molecular weight excluding hydrogens is 204 g/mol. The van der Waals surface area contributed by atoms with Crippen molar-refractivity contribution >= 4 is 22.7 Å². The lowest BCUT2D eigenvalue weighted by Crippen LogP contribution is -2.32. The monoisotopic (exact) mass is 219 g/mol. The Labute approximate surface area is 94.1 Å². The third kappa shape index (κ3) is 2.13. The SMILES string of the molecule is C[n+]1c(SCCN)ccc2ccccc21. The number of hydrogen-bond acceptors (Lipinski definition) is 2. The largest absolute Gasteiger partial charge is 0.330 e. The van der Waals surface area contributed by atoms with Crippen molar-refractivity contribution in [3.8, 4) is 0 Å². The van der Waals surface area contributed by atoms with Gasteiger partial charge in [-0.2, -0.15) is 4.57 Å². The van der Waals surface area contributed by atoms with E-state index in [2.05, 4.69) is 48.0 Å². The van der Waals surface area contributed by atoms with Crippen molar-refractivity contribution < 1.29 is 4.57 Å². The molecule has 2 nitrogen and oxygen atoms in total. The minimum Gasteiger partial charge on any atom is -0.330 e. The first-order valence-corrected chi connectivity index (χ1v) is 6.02. The lowest BCUT2D eigenvalue weighted by molar-refractivity contribution is -0.683. The van der Waals surface area contributed by atoms with Crippen LogP contribution in [0.1, 0.15) is 0 Å². The topological polar surface area (TPSA) is 29.9 Å². The fraction of sp³-hybridized carbons (Fsp3) is 0.250. The third-order valence-electron chi connectivity index (χ3n) is 2.40. The molecule has 0 fully saturated rings. The van der Waals surface area contributed by atoms with Crippen molar-refractivity contribution in [2.45, 2.75) is 5.03 Å². The van der Waals surface area contributed by atoms with Crippen molar-refractivity contribution in [2.75, 3.05) is 12.3 Å². The van der Waals surface area contributed by atoms with Crippen LogP contribution in [0.2, 0.25) is 0 Å². The zero-order valence-electron chi connectivity index (χ0n) is 8.81. The van der Waals surface area contributed by atoms with Crippen LogP contribution in [-0.4, -0.2) is 12.3 Å². The molecule has 0 bridgehead atoms. The molecule has 78 valence electrons. The van der Waals surface area contributed by atoms with Crippen LogP contribution in [0.4, 0.5) is 0 Å². The second-order valence-electron chi connectivity index (χ2n) is 3.43. The summed E-state index contributed by atoms with van der Waals surface area (Å²) in [6.45, 7) is 0.720. The molecule has 3 heteroatoms. The van der Waals surface area contributed by atoms with Crippen LogP contribution in [0.15, 0.2) is 41.4 Å². The number of aryl methyl sites for hydroxylation is 1. The van der Waals surface area contributed by atoms with Gasteiger partial charge in [0.25, 0.3) is 0 Å². The molecule has 1 heterocycles. The molecule has 0 amide bonds. The van der Waals surface area contributed by atoms with Crippen molar-refractivity contribution in [2.24, 2.45) is 12.8 Å². The molecule has 0 aliphatic carbocycles. The van der Waals surface area contributed by atoms with Gasteiger partial charge in [-0.25, -0.2) is 0 Å². The Morgan fingerprint density at radius 3 is 2.80 bits per heavy atom.